The van der Waals surface area contributed by atoms with Gasteiger partial charge in [0, 0.05) is 0 Å². The van der Waals surface area contributed by atoms with Crippen molar-refractivity contribution < 1.29 is 5.48 Å². The number of amidine groups is 2. The van der Waals surface area contributed by atoms with Gasteiger partial charge in [0.25, 0.3) is 0 Å². The van der Waals surface area contributed by atoms with E-state index in [-0.39, 0.29) is 29.6 Å². The number of nitrogens with two attached hydrogens (primary N) is 2. The molecule has 0 bridgehead atoms. The summed E-state index contributed by atoms with van der Waals surface area (Å²) < 4.78 is 0. The van der Waals surface area contributed by atoms with E-state index in [1.165, 1.54) is 0 Å². The second-order valence-electron chi connectivity index (χ2n) is 4.15. The molecule has 0 heterocycles. The van der Waals surface area contributed by atoms with E-state index < -0.39 is 11.1 Å². The van der Waals surface area contributed by atoms with Crippen LogP contribution in [0, 0.1) is 10.8 Å². The summed E-state index contributed by atoms with van der Waals surface area (Å²) in [6.45, 7) is 6.70. The number of halogens is 1. The lowest BCUT2D eigenvalue weighted by Crippen LogP contribution is -2.38. The molecule has 0 saturated carbocycles. The summed E-state index contributed by atoms with van der Waals surface area (Å²) in [5, 5.41) is 22.3. The van der Waals surface area contributed by atoms with E-state index in [9.17, 15) is 0 Å². The van der Waals surface area contributed by atoms with Gasteiger partial charge in [-0.05, 0) is 27.7 Å². The second-order valence-corrected chi connectivity index (χ2v) is 4.15. The Balaban J connectivity index is -0.000000845. The van der Waals surface area contributed by atoms with Crippen LogP contribution in [0.4, 0.5) is 0 Å². The molecule has 0 rings (SSSR count). The second kappa shape index (κ2) is 6.39. The largest absolute Gasteiger partial charge is 0.412 e. The van der Waals surface area contributed by atoms with Crippen LogP contribution < -0.4 is 11.5 Å². The molecule has 0 aliphatic carbocycles. The van der Waals surface area contributed by atoms with Crippen LogP contribution in [0.3, 0.4) is 0 Å². The first-order valence-corrected chi connectivity index (χ1v) is 4.22. The number of rotatable bonds is 4. The van der Waals surface area contributed by atoms with Gasteiger partial charge in [-0.1, -0.05) is 0 Å². The topological polar surface area (TPSA) is 156 Å². The van der Waals surface area contributed by atoms with Gasteiger partial charge >= 0.3 is 0 Å². The van der Waals surface area contributed by atoms with Crippen molar-refractivity contribution in [3.8, 4) is 0 Å². The van der Waals surface area contributed by atoms with Gasteiger partial charge in [0.15, 0.2) is 0 Å². The molecule has 0 aliphatic rings. The highest BCUT2D eigenvalue weighted by Crippen LogP contribution is 2.15. The van der Waals surface area contributed by atoms with E-state index in [2.05, 4.69) is 10.2 Å². The first-order chi connectivity index (χ1) is 6.09. The Morgan fingerprint density at radius 3 is 1.19 bits per heavy atom. The van der Waals surface area contributed by atoms with Crippen LogP contribution >= 0.6 is 12.4 Å². The summed E-state index contributed by atoms with van der Waals surface area (Å²) in [7, 11) is 0. The third kappa shape index (κ3) is 5.62. The fourth-order valence-electron chi connectivity index (χ4n) is 0.358. The fourth-order valence-corrected chi connectivity index (χ4v) is 0.358. The summed E-state index contributed by atoms with van der Waals surface area (Å²) in [6.07, 6.45) is 0. The van der Waals surface area contributed by atoms with Crippen LogP contribution in [0.15, 0.2) is 10.2 Å². The van der Waals surface area contributed by atoms with Crippen molar-refractivity contribution in [1.29, 1.82) is 10.8 Å². The highest BCUT2D eigenvalue weighted by atomic mass is 35.5. The van der Waals surface area contributed by atoms with E-state index in [1.807, 2.05) is 0 Å². The molecule has 0 amide bonds. The van der Waals surface area contributed by atoms with E-state index in [0.717, 1.165) is 0 Å². The Morgan fingerprint density at radius 2 is 1.06 bits per heavy atom. The third-order valence-corrected chi connectivity index (χ3v) is 1.87. The highest BCUT2D eigenvalue weighted by molar-refractivity contribution is 5.87. The van der Waals surface area contributed by atoms with Gasteiger partial charge in [-0.15, -0.1) is 12.4 Å². The van der Waals surface area contributed by atoms with Gasteiger partial charge in [-0.25, -0.2) is 0 Å². The van der Waals surface area contributed by atoms with Gasteiger partial charge in [-0.2, -0.15) is 10.2 Å². The number of nitrogens with zero attached hydrogens (tertiary/aromatic N) is 2. The van der Waals surface area contributed by atoms with Crippen molar-refractivity contribution in [2.24, 2.45) is 21.7 Å². The quantitative estimate of drug-likeness (QED) is 0.326. The molecule has 0 aromatic heterocycles. The molecule has 0 radical (unpaired) electrons. The zero-order chi connectivity index (χ0) is 11.6. The standard InChI is InChI=1S/C8H18N6.ClH.H2O/c1-7(2,5(9)10)13-14-8(3,4)6(11)12;;/h1-4H3,(H3,9,10)(H3,11,12);1H;1H2. The molecule has 0 aliphatic heterocycles. The molecule has 0 aromatic carbocycles. The molecule has 16 heavy (non-hydrogen) atoms. The molecule has 7 nitrogen and oxygen atoms in total. The molecule has 0 saturated heterocycles. The zero-order valence-electron chi connectivity index (χ0n) is 9.96. The van der Waals surface area contributed by atoms with Crippen molar-refractivity contribution >= 4 is 24.1 Å². The first-order valence-electron chi connectivity index (χ1n) is 4.22. The lowest BCUT2D eigenvalue weighted by molar-refractivity contribution is 0.557. The number of hydrogen-bond acceptors (Lipinski definition) is 4. The fraction of sp³-hybridized carbons (Fsp3) is 0.750. The van der Waals surface area contributed by atoms with Gasteiger partial charge in [0.2, 0.25) is 0 Å². The van der Waals surface area contributed by atoms with Crippen molar-refractivity contribution in [2.75, 3.05) is 0 Å². The average molecular weight is 253 g/mol. The summed E-state index contributed by atoms with van der Waals surface area (Å²) in [5.74, 6) is -0.138. The maximum atomic E-state index is 7.25. The molecular weight excluding hydrogens is 232 g/mol. The van der Waals surface area contributed by atoms with Gasteiger partial charge < -0.3 is 16.9 Å². The molecular formula is C8H21ClN6O. The maximum Gasteiger partial charge on any atom is 0.132 e. The van der Waals surface area contributed by atoms with Gasteiger partial charge in [0.05, 0.1) is 0 Å². The normalized spacial score (nSPS) is 11.5. The van der Waals surface area contributed by atoms with E-state index in [1.54, 1.807) is 27.7 Å². The SMILES string of the molecule is CC(C)(N=NC(C)(C)C(=N)N)C(=N)N.Cl.O. The molecule has 8 N–H and O–H groups in total. The lowest BCUT2D eigenvalue weighted by atomic mass is 10.1. The van der Waals surface area contributed by atoms with Crippen LogP contribution in [0.1, 0.15) is 27.7 Å². The highest BCUT2D eigenvalue weighted by Gasteiger charge is 2.25. The van der Waals surface area contributed by atoms with Gasteiger partial charge in [-0.3, -0.25) is 10.8 Å². The molecule has 0 fully saturated rings. The zero-order valence-corrected chi connectivity index (χ0v) is 10.8. The van der Waals surface area contributed by atoms with Crippen LogP contribution in [-0.2, 0) is 0 Å². The summed E-state index contributed by atoms with van der Waals surface area (Å²) in [6, 6.07) is 0. The monoisotopic (exact) mass is 252 g/mol. The predicted octanol–water partition coefficient (Wildman–Crippen LogP) is 0.465. The number of azo groups is 1. The van der Waals surface area contributed by atoms with Crippen LogP contribution in [-0.4, -0.2) is 28.2 Å². The minimum absolute atomic E-state index is 0. The number of nitrogens with one attached hydrogen (secondary N) is 2. The van der Waals surface area contributed by atoms with E-state index in [0.29, 0.717) is 0 Å². The van der Waals surface area contributed by atoms with E-state index in [4.69, 9.17) is 22.3 Å². The smallest absolute Gasteiger partial charge is 0.132 e. The Morgan fingerprint density at radius 1 is 0.875 bits per heavy atom. The summed E-state index contributed by atoms with van der Waals surface area (Å²) >= 11 is 0. The van der Waals surface area contributed by atoms with E-state index >= 15 is 0 Å². The van der Waals surface area contributed by atoms with Gasteiger partial charge in [0.1, 0.15) is 22.7 Å². The minimum atomic E-state index is -0.841. The average Bonchev–Trinajstić information content (AvgIpc) is 2.01. The predicted molar refractivity (Wildman–Crippen MR) is 67.7 cm³/mol. The van der Waals surface area contributed by atoms with Crippen LogP contribution in [0.5, 0.6) is 0 Å². The molecule has 8 heteroatoms. The Kier molecular flexibility index (Phi) is 8.08. The van der Waals surface area contributed by atoms with Crippen molar-refractivity contribution in [3.05, 3.63) is 0 Å². The summed E-state index contributed by atoms with van der Waals surface area (Å²) in [4.78, 5) is 0. The summed E-state index contributed by atoms with van der Waals surface area (Å²) in [5.41, 5.74) is 8.96. The number of hydrogen-bond donors (Lipinski definition) is 4. The third-order valence-electron chi connectivity index (χ3n) is 1.87. The molecule has 0 unspecified atom stereocenters. The van der Waals surface area contributed by atoms with Crippen molar-refractivity contribution in [1.82, 2.24) is 0 Å². The Hall–Kier alpha value is -1.21. The lowest BCUT2D eigenvalue weighted by Gasteiger charge is -2.20. The molecule has 96 valence electrons. The van der Waals surface area contributed by atoms with Crippen molar-refractivity contribution in [3.63, 3.8) is 0 Å². The van der Waals surface area contributed by atoms with Crippen LogP contribution in [0.2, 0.25) is 0 Å². The Labute approximate surface area is 101 Å². The molecule has 0 aromatic rings. The molecule has 0 atom stereocenters. The Bertz CT molecular complexity index is 258. The first kappa shape index (κ1) is 20.2. The minimum Gasteiger partial charge on any atom is -0.412 e. The van der Waals surface area contributed by atoms with Crippen molar-refractivity contribution in [2.45, 2.75) is 38.8 Å². The maximum absolute atomic E-state index is 7.25. The molecule has 0 spiro atoms. The van der Waals surface area contributed by atoms with Crippen LogP contribution in [0.25, 0.3) is 0 Å².